The number of halogens is 3. The molecule has 1 atom stereocenters. The van der Waals surface area contributed by atoms with Crippen LogP contribution in [0.4, 0.5) is 10.2 Å². The Morgan fingerprint density at radius 2 is 2.14 bits per heavy atom. The molecule has 0 spiro atoms. The molecule has 22 heavy (non-hydrogen) atoms. The van der Waals surface area contributed by atoms with Crippen molar-refractivity contribution in [2.24, 2.45) is 0 Å². The lowest BCUT2D eigenvalue weighted by molar-refractivity contribution is 0.631. The summed E-state index contributed by atoms with van der Waals surface area (Å²) in [6.45, 7) is 1.72. The summed E-state index contributed by atoms with van der Waals surface area (Å²) in [5.74, 6) is -0.0139. The van der Waals surface area contributed by atoms with Gasteiger partial charge in [0.25, 0.3) is 0 Å². The Balaban J connectivity index is 2.11. The largest absolute Gasteiger partial charge is 0.355 e. The third kappa shape index (κ3) is 3.09. The van der Waals surface area contributed by atoms with E-state index < -0.39 is 5.82 Å². The number of rotatable bonds is 2. The van der Waals surface area contributed by atoms with Crippen LogP contribution in [0.3, 0.4) is 0 Å². The predicted octanol–water partition coefficient (Wildman–Crippen LogP) is 4.19. The lowest BCUT2D eigenvalue weighted by Crippen LogP contribution is -2.30. The zero-order valence-electron chi connectivity index (χ0n) is 12.0. The molecular formula is C14H15Cl2FN4S. The number of anilines is 1. The van der Waals surface area contributed by atoms with E-state index in [1.807, 2.05) is 11.8 Å². The fourth-order valence-corrected chi connectivity index (χ4v) is 3.76. The Labute approximate surface area is 142 Å². The molecule has 8 heteroatoms. The lowest BCUT2D eigenvalue weighted by atomic mass is 10.2. The molecule has 1 aliphatic rings. The average molecular weight is 361 g/mol. The van der Waals surface area contributed by atoms with Gasteiger partial charge in [-0.3, -0.25) is 0 Å². The summed E-state index contributed by atoms with van der Waals surface area (Å²) in [6.07, 6.45) is 7.05. The molecule has 0 amide bonds. The Morgan fingerprint density at radius 3 is 2.91 bits per heavy atom. The van der Waals surface area contributed by atoms with E-state index in [1.165, 1.54) is 19.0 Å². The summed E-state index contributed by atoms with van der Waals surface area (Å²) in [7, 11) is 0. The molecule has 3 rings (SSSR count). The molecule has 1 fully saturated rings. The van der Waals surface area contributed by atoms with Crippen LogP contribution in [0.2, 0.25) is 10.4 Å². The van der Waals surface area contributed by atoms with Crippen molar-refractivity contribution in [2.45, 2.75) is 24.5 Å². The highest BCUT2D eigenvalue weighted by atomic mass is 35.5. The van der Waals surface area contributed by atoms with Crippen LogP contribution < -0.4 is 4.90 Å². The zero-order chi connectivity index (χ0) is 15.7. The quantitative estimate of drug-likeness (QED) is 0.593. The van der Waals surface area contributed by atoms with Gasteiger partial charge in [-0.1, -0.05) is 18.0 Å². The molecule has 1 saturated heterocycles. The van der Waals surface area contributed by atoms with Gasteiger partial charge in [-0.25, -0.2) is 14.4 Å². The highest BCUT2D eigenvalue weighted by molar-refractivity contribution is 7.99. The van der Waals surface area contributed by atoms with Crippen molar-refractivity contribution in [1.29, 1.82) is 0 Å². The van der Waals surface area contributed by atoms with Crippen molar-refractivity contribution in [3.8, 4) is 0 Å². The SMILES string of the molecule is CSC1CCCCN(c2nc(Cl)nc3c(F)c(Cl)ncc23)C1. The van der Waals surface area contributed by atoms with Crippen molar-refractivity contribution in [3.63, 3.8) is 0 Å². The molecule has 2 aromatic rings. The van der Waals surface area contributed by atoms with Crippen LogP contribution in [0.25, 0.3) is 10.9 Å². The van der Waals surface area contributed by atoms with Crippen LogP contribution >= 0.6 is 35.0 Å². The molecule has 0 N–H and O–H groups in total. The van der Waals surface area contributed by atoms with E-state index in [0.29, 0.717) is 16.5 Å². The molecule has 2 aromatic heterocycles. The summed E-state index contributed by atoms with van der Waals surface area (Å²) >= 11 is 13.6. The maximum Gasteiger partial charge on any atom is 0.225 e. The summed E-state index contributed by atoms with van der Waals surface area (Å²) in [6, 6.07) is 0. The highest BCUT2D eigenvalue weighted by Gasteiger charge is 2.23. The second kappa shape index (κ2) is 6.72. The average Bonchev–Trinajstić information content (AvgIpc) is 2.76. The van der Waals surface area contributed by atoms with Crippen molar-refractivity contribution < 1.29 is 4.39 Å². The molecule has 0 bridgehead atoms. The molecule has 0 saturated carbocycles. The van der Waals surface area contributed by atoms with Gasteiger partial charge >= 0.3 is 0 Å². The first kappa shape index (κ1) is 16.0. The normalized spacial score (nSPS) is 19.5. The molecule has 0 radical (unpaired) electrons. The van der Waals surface area contributed by atoms with E-state index in [1.54, 1.807) is 0 Å². The smallest absolute Gasteiger partial charge is 0.225 e. The van der Waals surface area contributed by atoms with E-state index in [4.69, 9.17) is 23.2 Å². The van der Waals surface area contributed by atoms with Crippen molar-refractivity contribution >= 4 is 51.7 Å². The Bertz CT molecular complexity index is 700. The number of aromatic nitrogens is 3. The molecule has 118 valence electrons. The molecule has 4 nitrogen and oxygen atoms in total. The van der Waals surface area contributed by atoms with Gasteiger partial charge in [0.15, 0.2) is 11.0 Å². The van der Waals surface area contributed by atoms with Crippen molar-refractivity contribution in [3.05, 3.63) is 22.5 Å². The molecule has 3 heterocycles. The van der Waals surface area contributed by atoms with E-state index >= 15 is 0 Å². The molecular weight excluding hydrogens is 346 g/mol. The van der Waals surface area contributed by atoms with Gasteiger partial charge in [0, 0.05) is 24.5 Å². The van der Waals surface area contributed by atoms with Gasteiger partial charge in [0.05, 0.1) is 5.39 Å². The molecule has 1 aliphatic heterocycles. The number of pyridine rings is 1. The number of fused-ring (bicyclic) bond motifs is 1. The van der Waals surface area contributed by atoms with Crippen molar-refractivity contribution in [1.82, 2.24) is 15.0 Å². The lowest BCUT2D eigenvalue weighted by Gasteiger charge is -2.25. The van der Waals surface area contributed by atoms with Gasteiger partial charge in [-0.15, -0.1) is 0 Å². The first-order valence-corrected chi connectivity index (χ1v) is 9.09. The monoisotopic (exact) mass is 360 g/mol. The number of hydrogen-bond donors (Lipinski definition) is 0. The second-order valence-corrected chi connectivity index (χ2v) is 7.08. The summed E-state index contributed by atoms with van der Waals surface area (Å²) in [5, 5.41) is 0.893. The number of thioether (sulfide) groups is 1. The first-order chi connectivity index (χ1) is 10.6. The minimum atomic E-state index is -0.652. The standard InChI is InChI=1S/C14H15Cl2FN4S/c1-22-8-4-2-3-5-21(7-8)13-9-6-18-12(15)10(17)11(9)19-14(16)20-13/h6,8H,2-5,7H2,1H3. The Morgan fingerprint density at radius 1 is 1.32 bits per heavy atom. The van der Waals surface area contributed by atoms with Gasteiger partial charge in [0.1, 0.15) is 11.3 Å². The van der Waals surface area contributed by atoms with E-state index in [-0.39, 0.29) is 16.0 Å². The molecule has 1 unspecified atom stereocenters. The number of hydrogen-bond acceptors (Lipinski definition) is 5. The van der Waals surface area contributed by atoms with Gasteiger partial charge < -0.3 is 4.90 Å². The van der Waals surface area contributed by atoms with Gasteiger partial charge in [-0.05, 0) is 30.7 Å². The molecule has 0 aromatic carbocycles. The van der Waals surface area contributed by atoms with E-state index in [9.17, 15) is 4.39 Å². The number of nitrogens with zero attached hydrogens (tertiary/aromatic N) is 4. The van der Waals surface area contributed by atoms with Crippen LogP contribution in [-0.4, -0.2) is 39.5 Å². The third-order valence-electron chi connectivity index (χ3n) is 3.86. The summed E-state index contributed by atoms with van der Waals surface area (Å²) in [5.41, 5.74) is 0.125. The zero-order valence-corrected chi connectivity index (χ0v) is 14.3. The Hall–Kier alpha value is -0.850. The van der Waals surface area contributed by atoms with Crippen molar-refractivity contribution in [2.75, 3.05) is 24.2 Å². The maximum atomic E-state index is 14.2. The van der Waals surface area contributed by atoms with Gasteiger partial charge in [-0.2, -0.15) is 16.7 Å². The minimum absolute atomic E-state index is 0.0219. The van der Waals surface area contributed by atoms with E-state index in [0.717, 1.165) is 19.5 Å². The van der Waals surface area contributed by atoms with Crippen LogP contribution in [0.15, 0.2) is 6.20 Å². The highest BCUT2D eigenvalue weighted by Crippen LogP contribution is 2.31. The Kier molecular flexibility index (Phi) is 4.90. The third-order valence-corrected chi connectivity index (χ3v) is 5.34. The first-order valence-electron chi connectivity index (χ1n) is 7.05. The topological polar surface area (TPSA) is 41.9 Å². The van der Waals surface area contributed by atoms with Crippen LogP contribution in [0.1, 0.15) is 19.3 Å². The van der Waals surface area contributed by atoms with Gasteiger partial charge in [0.2, 0.25) is 5.28 Å². The van der Waals surface area contributed by atoms with Crippen LogP contribution in [0, 0.1) is 5.82 Å². The fourth-order valence-electron chi connectivity index (χ4n) is 2.72. The maximum absolute atomic E-state index is 14.2. The van der Waals surface area contributed by atoms with E-state index in [2.05, 4.69) is 26.1 Å². The summed E-state index contributed by atoms with van der Waals surface area (Å²) in [4.78, 5) is 14.3. The minimum Gasteiger partial charge on any atom is -0.355 e. The summed E-state index contributed by atoms with van der Waals surface area (Å²) < 4.78 is 14.2. The fraction of sp³-hybridized carbons (Fsp3) is 0.500. The second-order valence-electron chi connectivity index (χ2n) is 5.24. The predicted molar refractivity (Wildman–Crippen MR) is 90.7 cm³/mol. The van der Waals surface area contributed by atoms with Crippen LogP contribution in [0.5, 0.6) is 0 Å². The van der Waals surface area contributed by atoms with Crippen LogP contribution in [-0.2, 0) is 0 Å². The molecule has 0 aliphatic carbocycles.